The van der Waals surface area contributed by atoms with Gasteiger partial charge in [-0.1, -0.05) is 42.5 Å². The minimum Gasteiger partial charge on any atom is -0.353 e. The first-order valence-corrected chi connectivity index (χ1v) is 10.9. The summed E-state index contributed by atoms with van der Waals surface area (Å²) >= 11 is 1.58. The molecule has 0 N–H and O–H groups in total. The highest BCUT2D eigenvalue weighted by Crippen LogP contribution is 2.29. The molecular weight excluding hydrogens is 416 g/mol. The van der Waals surface area contributed by atoms with Crippen molar-refractivity contribution in [3.05, 3.63) is 71.8 Å². The van der Waals surface area contributed by atoms with Crippen molar-refractivity contribution in [2.75, 3.05) is 44.2 Å². The molecule has 2 aliphatic heterocycles. The zero-order valence-corrected chi connectivity index (χ0v) is 18.4. The normalized spacial score (nSPS) is 17.0. The molecule has 0 radical (unpaired) electrons. The first-order chi connectivity index (χ1) is 14.3. The lowest BCUT2D eigenvalue weighted by Gasteiger charge is -2.34. The topological polar surface area (TPSA) is 39.7 Å². The molecule has 3 heterocycles. The lowest BCUT2D eigenvalue weighted by atomic mass is 10.1. The van der Waals surface area contributed by atoms with Crippen LogP contribution in [0.3, 0.4) is 0 Å². The Morgan fingerprint density at radius 1 is 0.933 bits per heavy atom. The summed E-state index contributed by atoms with van der Waals surface area (Å²) in [7, 11) is 0. The number of amides is 1. The predicted octanol–water partition coefficient (Wildman–Crippen LogP) is 4.05. The number of nitrogens with zero attached hydrogens (tertiary/aromatic N) is 4. The molecule has 156 valence electrons. The Morgan fingerprint density at radius 2 is 1.67 bits per heavy atom. The van der Waals surface area contributed by atoms with Crippen molar-refractivity contribution in [2.24, 2.45) is 0 Å². The van der Waals surface area contributed by atoms with E-state index in [1.807, 2.05) is 29.2 Å². The molecule has 0 bridgehead atoms. The van der Waals surface area contributed by atoms with E-state index >= 15 is 0 Å². The van der Waals surface area contributed by atoms with Crippen LogP contribution in [-0.2, 0) is 6.54 Å². The van der Waals surface area contributed by atoms with Crippen LogP contribution in [0.2, 0.25) is 0 Å². The molecule has 2 aliphatic rings. The fourth-order valence-electron chi connectivity index (χ4n) is 4.13. The SMILES string of the molecule is Cl.O=C1c2ccccc2CN1C/C=C/CN1CCN(c2nsc3ccccc23)CC1. The van der Waals surface area contributed by atoms with E-state index in [0.717, 1.165) is 56.2 Å². The summed E-state index contributed by atoms with van der Waals surface area (Å²) in [4.78, 5) is 19.2. The van der Waals surface area contributed by atoms with Crippen molar-refractivity contribution in [3.63, 3.8) is 0 Å². The number of hydrogen-bond donors (Lipinski definition) is 0. The van der Waals surface area contributed by atoms with Crippen molar-refractivity contribution in [1.29, 1.82) is 0 Å². The summed E-state index contributed by atoms with van der Waals surface area (Å²) in [5.41, 5.74) is 1.99. The van der Waals surface area contributed by atoms with Gasteiger partial charge in [0, 0.05) is 56.8 Å². The zero-order chi connectivity index (χ0) is 19.6. The molecule has 0 aliphatic carbocycles. The Labute approximate surface area is 187 Å². The summed E-state index contributed by atoms with van der Waals surface area (Å²) in [5, 5.41) is 1.27. The van der Waals surface area contributed by atoms with Crippen LogP contribution in [0.15, 0.2) is 60.7 Å². The largest absolute Gasteiger partial charge is 0.353 e. The van der Waals surface area contributed by atoms with E-state index in [9.17, 15) is 4.79 Å². The molecule has 0 saturated carbocycles. The molecule has 1 amide bonds. The van der Waals surface area contributed by atoms with Crippen molar-refractivity contribution in [1.82, 2.24) is 14.2 Å². The summed E-state index contributed by atoms with van der Waals surface area (Å²) in [6, 6.07) is 16.4. The van der Waals surface area contributed by atoms with Gasteiger partial charge in [0.1, 0.15) is 5.82 Å². The van der Waals surface area contributed by atoms with Gasteiger partial charge in [0.25, 0.3) is 5.91 Å². The Morgan fingerprint density at radius 3 is 2.50 bits per heavy atom. The molecule has 5 nitrogen and oxygen atoms in total. The standard InChI is InChI=1S/C23H24N4OS.ClH/c28-23-19-8-2-1-7-18(19)17-27(23)12-6-5-11-25-13-15-26(16-14-25)22-20-9-3-4-10-21(20)29-24-22;/h1-10H,11-17H2;1H/b6-5+;. The molecule has 7 heteroatoms. The van der Waals surface area contributed by atoms with Gasteiger partial charge in [0.05, 0.1) is 4.70 Å². The molecule has 0 unspecified atom stereocenters. The summed E-state index contributed by atoms with van der Waals surface area (Å²) in [6.07, 6.45) is 4.33. The van der Waals surface area contributed by atoms with Crippen molar-refractivity contribution < 1.29 is 4.79 Å². The fourth-order valence-corrected chi connectivity index (χ4v) is 4.93. The molecule has 2 aromatic carbocycles. The molecule has 1 aromatic heterocycles. The highest BCUT2D eigenvalue weighted by Gasteiger charge is 2.25. The minimum atomic E-state index is 0. The first kappa shape index (κ1) is 20.8. The number of piperazine rings is 1. The second-order valence-corrected chi connectivity index (χ2v) is 8.41. The maximum absolute atomic E-state index is 12.4. The van der Waals surface area contributed by atoms with Gasteiger partial charge in [-0.25, -0.2) is 0 Å². The Kier molecular flexibility index (Phi) is 6.37. The molecule has 0 atom stereocenters. The van der Waals surface area contributed by atoms with Crippen LogP contribution >= 0.6 is 23.9 Å². The van der Waals surface area contributed by atoms with Crippen molar-refractivity contribution >= 4 is 45.8 Å². The number of fused-ring (bicyclic) bond motifs is 2. The lowest BCUT2D eigenvalue weighted by molar-refractivity contribution is 0.0796. The Bertz CT molecular complexity index is 1060. The number of hydrogen-bond acceptors (Lipinski definition) is 5. The molecule has 30 heavy (non-hydrogen) atoms. The van der Waals surface area contributed by atoms with Crippen LogP contribution in [0.4, 0.5) is 5.82 Å². The van der Waals surface area contributed by atoms with Gasteiger partial charge < -0.3 is 9.80 Å². The van der Waals surface area contributed by atoms with Gasteiger partial charge in [-0.05, 0) is 35.3 Å². The monoisotopic (exact) mass is 440 g/mol. The molecule has 0 spiro atoms. The van der Waals surface area contributed by atoms with E-state index in [4.69, 9.17) is 0 Å². The van der Waals surface area contributed by atoms with Crippen molar-refractivity contribution in [2.45, 2.75) is 6.54 Å². The average Bonchev–Trinajstić information content (AvgIpc) is 3.33. The quantitative estimate of drug-likeness (QED) is 0.561. The summed E-state index contributed by atoms with van der Waals surface area (Å²) in [5.74, 6) is 1.28. The number of halogens is 1. The number of carbonyl (C=O) groups excluding carboxylic acids is 1. The van der Waals surface area contributed by atoms with E-state index in [2.05, 4.69) is 50.6 Å². The molecular formula is C23H25ClN4OS. The van der Waals surface area contributed by atoms with Gasteiger partial charge in [0.15, 0.2) is 0 Å². The number of carbonyl (C=O) groups is 1. The smallest absolute Gasteiger partial charge is 0.254 e. The second kappa shape index (κ2) is 9.16. The van der Waals surface area contributed by atoms with Crippen LogP contribution in [0.25, 0.3) is 10.1 Å². The second-order valence-electron chi connectivity index (χ2n) is 7.60. The number of rotatable bonds is 5. The van der Waals surface area contributed by atoms with Gasteiger partial charge in [0.2, 0.25) is 0 Å². The van der Waals surface area contributed by atoms with E-state index < -0.39 is 0 Å². The highest BCUT2D eigenvalue weighted by atomic mass is 35.5. The van der Waals surface area contributed by atoms with E-state index in [-0.39, 0.29) is 18.3 Å². The van der Waals surface area contributed by atoms with Crippen LogP contribution in [0, 0.1) is 0 Å². The molecule has 3 aromatic rings. The predicted molar refractivity (Wildman–Crippen MR) is 126 cm³/mol. The summed E-state index contributed by atoms with van der Waals surface area (Å²) < 4.78 is 5.94. The zero-order valence-electron chi connectivity index (χ0n) is 16.7. The number of aromatic nitrogens is 1. The number of benzene rings is 2. The minimum absolute atomic E-state index is 0. The molecule has 1 saturated heterocycles. The third-order valence-corrected chi connectivity index (χ3v) is 6.60. The van der Waals surface area contributed by atoms with E-state index in [1.54, 1.807) is 11.5 Å². The third kappa shape index (κ3) is 4.08. The van der Waals surface area contributed by atoms with Gasteiger partial charge in [-0.3, -0.25) is 9.69 Å². The Hall–Kier alpha value is -2.41. The maximum atomic E-state index is 12.4. The Balaban J connectivity index is 0.00000218. The van der Waals surface area contributed by atoms with E-state index in [0.29, 0.717) is 6.54 Å². The van der Waals surface area contributed by atoms with Crippen LogP contribution < -0.4 is 4.90 Å². The van der Waals surface area contributed by atoms with Crippen LogP contribution in [0.1, 0.15) is 15.9 Å². The van der Waals surface area contributed by atoms with Crippen LogP contribution in [-0.4, -0.2) is 59.3 Å². The lowest BCUT2D eigenvalue weighted by Crippen LogP contribution is -2.46. The fraction of sp³-hybridized carbons (Fsp3) is 0.304. The van der Waals surface area contributed by atoms with E-state index in [1.165, 1.54) is 10.1 Å². The first-order valence-electron chi connectivity index (χ1n) is 10.1. The maximum Gasteiger partial charge on any atom is 0.254 e. The number of anilines is 1. The average molecular weight is 441 g/mol. The van der Waals surface area contributed by atoms with Gasteiger partial charge in [-0.2, -0.15) is 4.37 Å². The highest BCUT2D eigenvalue weighted by molar-refractivity contribution is 7.13. The van der Waals surface area contributed by atoms with Crippen LogP contribution in [0.5, 0.6) is 0 Å². The molecule has 5 rings (SSSR count). The summed E-state index contributed by atoms with van der Waals surface area (Å²) in [6.45, 7) is 6.40. The van der Waals surface area contributed by atoms with Crippen molar-refractivity contribution in [3.8, 4) is 0 Å². The van der Waals surface area contributed by atoms with Gasteiger partial charge >= 0.3 is 0 Å². The van der Waals surface area contributed by atoms with Gasteiger partial charge in [-0.15, -0.1) is 12.4 Å². The molecule has 1 fully saturated rings. The third-order valence-electron chi connectivity index (χ3n) is 5.78.